The number of piperazine rings is 1. The number of amides is 1. The number of carbonyl (C=O) groups excluding carboxylic acids is 1. The van der Waals surface area contributed by atoms with Crippen LogP contribution in [-0.2, 0) is 13.0 Å². The van der Waals surface area contributed by atoms with Crippen LogP contribution in [0.25, 0.3) is 11.0 Å². The number of hydrogen-bond donors (Lipinski definition) is 2. The molecule has 2 aromatic heterocycles. The molecule has 0 saturated carbocycles. The Morgan fingerprint density at radius 1 is 1.19 bits per heavy atom. The lowest BCUT2D eigenvalue weighted by atomic mass is 10.1. The maximum atomic E-state index is 12.9. The molecule has 0 radical (unpaired) electrons. The SMILES string of the molecule is O=C(c1cc2c(s1)CCNC2)N1CCN(c2cccc3[nH]cnc23)CC1. The number of fused-ring (bicyclic) bond motifs is 2. The summed E-state index contributed by atoms with van der Waals surface area (Å²) in [6.45, 7) is 5.08. The van der Waals surface area contributed by atoms with E-state index in [0.717, 1.165) is 67.3 Å². The van der Waals surface area contributed by atoms with Gasteiger partial charge in [-0.05, 0) is 30.2 Å². The zero-order valence-electron chi connectivity index (χ0n) is 14.5. The van der Waals surface area contributed by atoms with E-state index < -0.39 is 0 Å². The molecule has 0 spiro atoms. The molecule has 5 rings (SSSR count). The van der Waals surface area contributed by atoms with Gasteiger partial charge in [0.15, 0.2) is 0 Å². The van der Waals surface area contributed by atoms with Crippen molar-refractivity contribution in [2.45, 2.75) is 13.0 Å². The third-order valence-corrected chi connectivity index (χ3v) is 6.51. The molecule has 1 saturated heterocycles. The van der Waals surface area contributed by atoms with Gasteiger partial charge in [-0.1, -0.05) is 6.07 Å². The standard InChI is InChI=1S/C19H21N5OS/c25-19(17-10-13-11-20-5-4-16(13)26-17)24-8-6-23(7-9-24)15-3-1-2-14-18(15)22-12-21-14/h1-3,10,12,20H,4-9,11H2,(H,21,22). The second kappa shape index (κ2) is 6.41. The smallest absolute Gasteiger partial charge is 0.264 e. The van der Waals surface area contributed by atoms with E-state index in [4.69, 9.17) is 0 Å². The number of anilines is 1. The predicted molar refractivity (Wildman–Crippen MR) is 104 cm³/mol. The van der Waals surface area contributed by atoms with Crippen LogP contribution in [0, 0.1) is 0 Å². The summed E-state index contributed by atoms with van der Waals surface area (Å²) in [4.78, 5) is 27.1. The average molecular weight is 367 g/mol. The van der Waals surface area contributed by atoms with Gasteiger partial charge in [0.05, 0.1) is 22.4 Å². The van der Waals surface area contributed by atoms with Crippen LogP contribution in [-0.4, -0.2) is 53.5 Å². The summed E-state index contributed by atoms with van der Waals surface area (Å²) >= 11 is 1.68. The Labute approximate surface area is 155 Å². The molecule has 1 fully saturated rings. The van der Waals surface area contributed by atoms with Gasteiger partial charge in [0, 0.05) is 44.1 Å². The zero-order chi connectivity index (χ0) is 17.5. The molecule has 0 aliphatic carbocycles. The van der Waals surface area contributed by atoms with Crippen molar-refractivity contribution in [3.8, 4) is 0 Å². The normalized spacial score (nSPS) is 17.5. The predicted octanol–water partition coefficient (Wildman–Crippen LogP) is 2.23. The minimum atomic E-state index is 0.182. The highest BCUT2D eigenvalue weighted by Gasteiger charge is 2.26. The molecule has 6 nitrogen and oxygen atoms in total. The Morgan fingerprint density at radius 2 is 2.08 bits per heavy atom. The Kier molecular flexibility index (Phi) is 3.90. The third kappa shape index (κ3) is 2.68. The minimum Gasteiger partial charge on any atom is -0.366 e. The third-order valence-electron chi connectivity index (χ3n) is 5.29. The van der Waals surface area contributed by atoms with Gasteiger partial charge in [-0.3, -0.25) is 4.79 Å². The Hall–Kier alpha value is -2.38. The lowest BCUT2D eigenvalue weighted by molar-refractivity contribution is 0.0751. The first-order valence-electron chi connectivity index (χ1n) is 9.08. The second-order valence-electron chi connectivity index (χ2n) is 6.84. The topological polar surface area (TPSA) is 64.3 Å². The van der Waals surface area contributed by atoms with Gasteiger partial charge >= 0.3 is 0 Å². The Morgan fingerprint density at radius 3 is 2.92 bits per heavy atom. The second-order valence-corrected chi connectivity index (χ2v) is 7.98. The monoisotopic (exact) mass is 367 g/mol. The van der Waals surface area contributed by atoms with E-state index in [0.29, 0.717) is 0 Å². The number of nitrogens with one attached hydrogen (secondary N) is 2. The molecule has 7 heteroatoms. The van der Waals surface area contributed by atoms with Crippen molar-refractivity contribution in [2.75, 3.05) is 37.6 Å². The summed E-state index contributed by atoms with van der Waals surface area (Å²) < 4.78 is 0. The highest BCUT2D eigenvalue weighted by atomic mass is 32.1. The molecule has 26 heavy (non-hydrogen) atoms. The van der Waals surface area contributed by atoms with E-state index in [9.17, 15) is 4.79 Å². The summed E-state index contributed by atoms with van der Waals surface area (Å²) in [5.74, 6) is 0.182. The molecule has 134 valence electrons. The lowest BCUT2D eigenvalue weighted by Gasteiger charge is -2.36. The van der Waals surface area contributed by atoms with Gasteiger partial charge in [0.25, 0.3) is 5.91 Å². The van der Waals surface area contributed by atoms with Crippen LogP contribution in [0.1, 0.15) is 20.1 Å². The number of H-pyrrole nitrogens is 1. The van der Waals surface area contributed by atoms with Crippen molar-refractivity contribution >= 4 is 34.0 Å². The van der Waals surface area contributed by atoms with E-state index in [1.54, 1.807) is 17.7 Å². The van der Waals surface area contributed by atoms with Crippen molar-refractivity contribution in [2.24, 2.45) is 0 Å². The Bertz CT molecular complexity index is 930. The molecule has 0 atom stereocenters. The van der Waals surface area contributed by atoms with Gasteiger partial charge in [-0.25, -0.2) is 4.98 Å². The number of para-hydroxylation sites is 1. The van der Waals surface area contributed by atoms with Crippen LogP contribution in [0.4, 0.5) is 5.69 Å². The number of carbonyl (C=O) groups is 1. The van der Waals surface area contributed by atoms with Crippen LogP contribution in [0.5, 0.6) is 0 Å². The van der Waals surface area contributed by atoms with Gasteiger partial charge in [0.2, 0.25) is 0 Å². The van der Waals surface area contributed by atoms with Gasteiger partial charge in [-0.2, -0.15) is 0 Å². The van der Waals surface area contributed by atoms with Crippen molar-refractivity contribution in [1.29, 1.82) is 0 Å². The number of hydrogen-bond acceptors (Lipinski definition) is 5. The molecular formula is C19H21N5OS. The first-order chi connectivity index (χ1) is 12.8. The summed E-state index contributed by atoms with van der Waals surface area (Å²) in [6.07, 6.45) is 2.77. The van der Waals surface area contributed by atoms with Gasteiger partial charge in [-0.15, -0.1) is 11.3 Å². The van der Waals surface area contributed by atoms with Gasteiger partial charge in [0.1, 0.15) is 5.52 Å². The molecule has 1 aromatic carbocycles. The average Bonchev–Trinajstić information content (AvgIpc) is 3.34. The largest absolute Gasteiger partial charge is 0.366 e. The van der Waals surface area contributed by atoms with Crippen LogP contribution in [0.2, 0.25) is 0 Å². The highest BCUT2D eigenvalue weighted by Crippen LogP contribution is 2.28. The van der Waals surface area contributed by atoms with Crippen LogP contribution in [0.3, 0.4) is 0 Å². The minimum absolute atomic E-state index is 0.182. The maximum Gasteiger partial charge on any atom is 0.264 e. The summed E-state index contributed by atoms with van der Waals surface area (Å²) in [5.41, 5.74) is 4.51. The zero-order valence-corrected chi connectivity index (χ0v) is 15.3. The molecule has 1 amide bonds. The first kappa shape index (κ1) is 15.8. The van der Waals surface area contributed by atoms with Crippen LogP contribution < -0.4 is 10.2 Å². The fourth-order valence-electron chi connectivity index (χ4n) is 3.87. The van der Waals surface area contributed by atoms with Gasteiger partial charge < -0.3 is 20.1 Å². The van der Waals surface area contributed by atoms with E-state index in [1.165, 1.54) is 10.4 Å². The molecular weight excluding hydrogens is 346 g/mol. The number of aromatic nitrogens is 2. The molecule has 0 unspecified atom stereocenters. The number of aromatic amines is 1. The highest BCUT2D eigenvalue weighted by molar-refractivity contribution is 7.14. The summed E-state index contributed by atoms with van der Waals surface area (Å²) in [7, 11) is 0. The molecule has 2 aliphatic heterocycles. The van der Waals surface area contributed by atoms with Crippen LogP contribution in [0.15, 0.2) is 30.6 Å². The fraction of sp³-hybridized carbons (Fsp3) is 0.368. The number of nitrogens with zero attached hydrogens (tertiary/aromatic N) is 3. The number of benzene rings is 1. The van der Waals surface area contributed by atoms with E-state index in [2.05, 4.69) is 38.4 Å². The number of imidazole rings is 1. The van der Waals surface area contributed by atoms with Crippen LogP contribution >= 0.6 is 11.3 Å². The lowest BCUT2D eigenvalue weighted by Crippen LogP contribution is -2.48. The number of thiophene rings is 1. The summed E-state index contributed by atoms with van der Waals surface area (Å²) in [6, 6.07) is 8.29. The van der Waals surface area contributed by atoms with Crippen molar-refractivity contribution in [3.63, 3.8) is 0 Å². The molecule has 3 aromatic rings. The van der Waals surface area contributed by atoms with E-state index in [-0.39, 0.29) is 5.91 Å². The van der Waals surface area contributed by atoms with E-state index >= 15 is 0 Å². The quantitative estimate of drug-likeness (QED) is 0.729. The van der Waals surface area contributed by atoms with E-state index in [1.807, 2.05) is 11.0 Å². The number of rotatable bonds is 2. The summed E-state index contributed by atoms with van der Waals surface area (Å²) in [5, 5.41) is 3.38. The maximum absolute atomic E-state index is 12.9. The molecule has 4 heterocycles. The molecule has 0 bridgehead atoms. The first-order valence-corrected chi connectivity index (χ1v) is 9.90. The molecule has 2 N–H and O–H groups in total. The van der Waals surface area contributed by atoms with Crippen molar-refractivity contribution in [3.05, 3.63) is 45.9 Å². The fourth-order valence-corrected chi connectivity index (χ4v) is 5.02. The van der Waals surface area contributed by atoms with Crippen molar-refractivity contribution < 1.29 is 4.79 Å². The Balaban J connectivity index is 1.30. The van der Waals surface area contributed by atoms with Crippen molar-refractivity contribution in [1.82, 2.24) is 20.2 Å². The molecule has 2 aliphatic rings.